The molecular weight excluding hydrogens is 122 g/mol. The van der Waals surface area contributed by atoms with E-state index in [1.165, 1.54) is 32.2 Å². The molecule has 1 saturated heterocycles. The number of hydrogen-bond donors (Lipinski definition) is 1. The van der Waals surface area contributed by atoms with Gasteiger partial charge in [0.25, 0.3) is 0 Å². The molecule has 0 aromatic heterocycles. The Morgan fingerprint density at radius 1 is 1.30 bits per heavy atom. The van der Waals surface area contributed by atoms with Crippen molar-refractivity contribution in [1.29, 1.82) is 0 Å². The van der Waals surface area contributed by atoms with Crippen LogP contribution in [0.25, 0.3) is 0 Å². The smallest absolute Gasteiger partial charge is 0.00644 e. The van der Waals surface area contributed by atoms with Crippen molar-refractivity contribution in [2.75, 3.05) is 6.54 Å². The number of piperidine rings is 1. The predicted molar refractivity (Wildman–Crippen MR) is 47.3 cm³/mol. The molecule has 0 radical (unpaired) electrons. The summed E-state index contributed by atoms with van der Waals surface area (Å²) < 4.78 is 0. The molecule has 1 aliphatic heterocycles. The van der Waals surface area contributed by atoms with Crippen LogP contribution in [0, 0.1) is 0 Å². The van der Waals surface area contributed by atoms with Gasteiger partial charge >= 0.3 is 0 Å². The predicted octanol–water partition coefficient (Wildman–Crippen LogP) is 2.56. The van der Waals surface area contributed by atoms with Crippen LogP contribution in [0.2, 0.25) is 0 Å². The average Bonchev–Trinajstić information content (AvgIpc) is 2.10. The summed E-state index contributed by atoms with van der Waals surface area (Å²) in [6.07, 6.45) is 5.53. The molecule has 1 N–H and O–H groups in total. The molecule has 1 aliphatic rings. The van der Waals surface area contributed by atoms with E-state index < -0.39 is 0 Å². The largest absolute Gasteiger partial charge is 0.314 e. The second-order valence-corrected chi connectivity index (χ2v) is 2.56. The first-order chi connectivity index (χ1) is 4.93. The molecule has 0 aromatic rings. The van der Waals surface area contributed by atoms with E-state index in [-0.39, 0.29) is 0 Å². The van der Waals surface area contributed by atoms with E-state index in [1.807, 2.05) is 13.8 Å². The second kappa shape index (κ2) is 7.07. The Morgan fingerprint density at radius 3 is 2.30 bits per heavy atom. The molecule has 1 fully saturated rings. The third kappa shape index (κ3) is 3.89. The van der Waals surface area contributed by atoms with E-state index in [0.717, 1.165) is 6.04 Å². The lowest BCUT2D eigenvalue weighted by molar-refractivity contribution is 0.393. The van der Waals surface area contributed by atoms with Crippen LogP contribution in [0.3, 0.4) is 0 Å². The van der Waals surface area contributed by atoms with Crippen molar-refractivity contribution in [1.82, 2.24) is 5.32 Å². The summed E-state index contributed by atoms with van der Waals surface area (Å²) in [5.41, 5.74) is 0. The van der Waals surface area contributed by atoms with E-state index in [9.17, 15) is 0 Å². The van der Waals surface area contributed by atoms with Crippen molar-refractivity contribution in [3.63, 3.8) is 0 Å². The Hall–Kier alpha value is -0.0400. The molecule has 0 saturated carbocycles. The van der Waals surface area contributed by atoms with Gasteiger partial charge in [0, 0.05) is 6.04 Å². The fourth-order valence-corrected chi connectivity index (χ4v) is 1.27. The lowest BCUT2D eigenvalue weighted by Gasteiger charge is -2.21. The van der Waals surface area contributed by atoms with E-state index in [2.05, 4.69) is 12.2 Å². The van der Waals surface area contributed by atoms with Crippen LogP contribution >= 0.6 is 0 Å². The van der Waals surface area contributed by atoms with Gasteiger partial charge in [-0.3, -0.25) is 0 Å². The minimum absolute atomic E-state index is 0.837. The highest BCUT2D eigenvalue weighted by molar-refractivity contribution is 4.69. The van der Waals surface area contributed by atoms with Crippen molar-refractivity contribution < 1.29 is 0 Å². The normalized spacial score (nSPS) is 24.9. The summed E-state index contributed by atoms with van der Waals surface area (Å²) in [4.78, 5) is 0. The quantitative estimate of drug-likeness (QED) is 0.595. The maximum Gasteiger partial charge on any atom is 0.00644 e. The first kappa shape index (κ1) is 9.96. The minimum atomic E-state index is 0.837. The fourth-order valence-electron chi connectivity index (χ4n) is 1.27. The number of hydrogen-bond acceptors (Lipinski definition) is 1. The zero-order valence-electron chi connectivity index (χ0n) is 7.61. The van der Waals surface area contributed by atoms with Gasteiger partial charge in [0.1, 0.15) is 0 Å². The molecule has 0 bridgehead atoms. The maximum atomic E-state index is 3.47. The summed E-state index contributed by atoms with van der Waals surface area (Å²) in [7, 11) is 0. The third-order valence-corrected chi connectivity index (χ3v) is 1.91. The van der Waals surface area contributed by atoms with Crippen LogP contribution in [0.4, 0.5) is 0 Å². The van der Waals surface area contributed by atoms with Crippen LogP contribution in [0.5, 0.6) is 0 Å². The Morgan fingerprint density at radius 2 is 2.00 bits per heavy atom. The Kier molecular flexibility index (Phi) is 7.04. The van der Waals surface area contributed by atoms with Crippen LogP contribution in [0.15, 0.2) is 0 Å². The van der Waals surface area contributed by atoms with Crippen molar-refractivity contribution in [3.8, 4) is 0 Å². The molecular formula is C9H21N. The zero-order chi connectivity index (χ0) is 7.82. The summed E-state index contributed by atoms with van der Waals surface area (Å²) in [6.45, 7) is 7.50. The molecule has 62 valence electrons. The molecule has 0 amide bonds. The molecule has 1 nitrogen and oxygen atoms in total. The third-order valence-electron chi connectivity index (χ3n) is 1.91. The van der Waals surface area contributed by atoms with Crippen molar-refractivity contribution in [3.05, 3.63) is 0 Å². The highest BCUT2D eigenvalue weighted by atomic mass is 14.9. The molecule has 0 unspecified atom stereocenters. The fraction of sp³-hybridized carbons (Fsp3) is 1.00. The summed E-state index contributed by atoms with van der Waals surface area (Å²) in [5.74, 6) is 0. The van der Waals surface area contributed by atoms with Gasteiger partial charge < -0.3 is 5.32 Å². The summed E-state index contributed by atoms with van der Waals surface area (Å²) in [5, 5.41) is 3.47. The van der Waals surface area contributed by atoms with Gasteiger partial charge in [0.05, 0.1) is 0 Å². The molecule has 10 heavy (non-hydrogen) atoms. The molecule has 0 aromatic carbocycles. The van der Waals surface area contributed by atoms with Gasteiger partial charge in [-0.1, -0.05) is 27.2 Å². The van der Waals surface area contributed by atoms with Gasteiger partial charge in [-0.15, -0.1) is 0 Å². The highest BCUT2D eigenvalue weighted by Crippen LogP contribution is 2.08. The van der Waals surface area contributed by atoms with E-state index in [1.54, 1.807) is 0 Å². The molecule has 1 atom stereocenters. The average molecular weight is 143 g/mol. The van der Waals surface area contributed by atoms with Crippen molar-refractivity contribution in [2.24, 2.45) is 0 Å². The highest BCUT2D eigenvalue weighted by Gasteiger charge is 2.08. The van der Waals surface area contributed by atoms with E-state index in [4.69, 9.17) is 0 Å². The lowest BCUT2D eigenvalue weighted by Crippen LogP contribution is -2.32. The first-order valence-electron chi connectivity index (χ1n) is 4.67. The Bertz CT molecular complexity index is 55.7. The van der Waals surface area contributed by atoms with Gasteiger partial charge in [-0.2, -0.15) is 0 Å². The van der Waals surface area contributed by atoms with Crippen molar-refractivity contribution in [2.45, 2.75) is 52.5 Å². The van der Waals surface area contributed by atoms with E-state index >= 15 is 0 Å². The second-order valence-electron chi connectivity index (χ2n) is 2.56. The zero-order valence-corrected chi connectivity index (χ0v) is 7.61. The lowest BCUT2D eigenvalue weighted by atomic mass is 10.0. The maximum absolute atomic E-state index is 3.47. The Balaban J connectivity index is 0.000000371. The molecule has 0 spiro atoms. The molecule has 0 aliphatic carbocycles. The monoisotopic (exact) mass is 143 g/mol. The van der Waals surface area contributed by atoms with E-state index in [0.29, 0.717) is 0 Å². The number of nitrogens with one attached hydrogen (secondary N) is 1. The first-order valence-corrected chi connectivity index (χ1v) is 4.67. The molecule has 1 rings (SSSR count). The Labute approximate surface area is 65.2 Å². The van der Waals surface area contributed by atoms with Crippen molar-refractivity contribution >= 4 is 0 Å². The minimum Gasteiger partial charge on any atom is -0.314 e. The standard InChI is InChI=1S/C7H15N.C2H6/c1-2-7-5-3-4-6-8-7;1-2/h7-8H,2-6H2,1H3;1-2H3/t7-;/m1./s1. The molecule has 1 heterocycles. The van der Waals surface area contributed by atoms with Crippen LogP contribution in [0.1, 0.15) is 46.5 Å². The van der Waals surface area contributed by atoms with Crippen LogP contribution in [-0.2, 0) is 0 Å². The summed E-state index contributed by atoms with van der Waals surface area (Å²) in [6, 6.07) is 0.837. The SMILES string of the molecule is CC.CC[C@@H]1CCCCN1. The topological polar surface area (TPSA) is 12.0 Å². The van der Waals surface area contributed by atoms with Gasteiger partial charge in [-0.05, 0) is 25.8 Å². The van der Waals surface area contributed by atoms with Gasteiger partial charge in [0.2, 0.25) is 0 Å². The van der Waals surface area contributed by atoms with Gasteiger partial charge in [0.15, 0.2) is 0 Å². The van der Waals surface area contributed by atoms with Crippen LogP contribution in [-0.4, -0.2) is 12.6 Å². The number of rotatable bonds is 1. The molecule has 1 heteroatoms. The van der Waals surface area contributed by atoms with Gasteiger partial charge in [-0.25, -0.2) is 0 Å². The summed E-state index contributed by atoms with van der Waals surface area (Å²) >= 11 is 0. The van der Waals surface area contributed by atoms with Crippen LogP contribution < -0.4 is 5.32 Å².